The molecule has 1 aliphatic rings. The zero-order valence-corrected chi connectivity index (χ0v) is 9.11. The highest BCUT2D eigenvalue weighted by atomic mass is 19.3. The quantitative estimate of drug-likeness (QED) is 0.731. The van der Waals surface area contributed by atoms with Gasteiger partial charge in [0.25, 0.3) is 0 Å². The summed E-state index contributed by atoms with van der Waals surface area (Å²) in [5.74, 6) is -1.14. The molecule has 0 bridgehead atoms. The number of carbonyl (C=O) groups excluding carboxylic acids is 1. The van der Waals surface area contributed by atoms with Crippen LogP contribution < -0.4 is 5.32 Å². The average molecular weight is 253 g/mol. The summed E-state index contributed by atoms with van der Waals surface area (Å²) in [5, 5.41) is 11.3. The molecule has 0 aliphatic heterocycles. The molecule has 0 aromatic heterocycles. The predicted molar refractivity (Wildman–Crippen MR) is 50.6 cm³/mol. The van der Waals surface area contributed by atoms with Crippen molar-refractivity contribution in [1.29, 1.82) is 0 Å². The number of amides is 1. The Balaban J connectivity index is 2.45. The Labute approximate surface area is 95.9 Å². The van der Waals surface area contributed by atoms with E-state index in [1.54, 1.807) is 0 Å². The molecule has 2 unspecified atom stereocenters. The number of alkyl halides is 2. The molecular weight excluding hydrogens is 240 g/mol. The zero-order chi connectivity index (χ0) is 13.1. The number of ether oxygens (including phenoxy) is 2. The van der Waals surface area contributed by atoms with E-state index in [1.807, 2.05) is 0 Å². The molecule has 1 rings (SSSR count). The lowest BCUT2D eigenvalue weighted by molar-refractivity contribution is -0.150. The van der Waals surface area contributed by atoms with Gasteiger partial charge in [-0.3, -0.25) is 4.79 Å². The topological polar surface area (TPSA) is 84.9 Å². The molecule has 1 aliphatic carbocycles. The number of rotatable bonds is 6. The van der Waals surface area contributed by atoms with E-state index in [9.17, 15) is 18.4 Å². The second kappa shape index (κ2) is 5.26. The monoisotopic (exact) mass is 253 g/mol. The molecule has 17 heavy (non-hydrogen) atoms. The molecule has 0 radical (unpaired) electrons. The fraction of sp³-hybridized carbons (Fsp3) is 0.778. The third-order valence-electron chi connectivity index (χ3n) is 2.77. The van der Waals surface area contributed by atoms with Crippen LogP contribution in [0.3, 0.4) is 0 Å². The smallest absolute Gasteiger partial charge is 0.407 e. The normalized spacial score (nSPS) is 26.7. The predicted octanol–water partition coefficient (Wildman–Crippen LogP) is 0.815. The third-order valence-corrected chi connectivity index (χ3v) is 2.77. The van der Waals surface area contributed by atoms with Crippen LogP contribution in [0.5, 0.6) is 0 Å². The third kappa shape index (κ3) is 3.26. The Morgan fingerprint density at radius 2 is 2.24 bits per heavy atom. The summed E-state index contributed by atoms with van der Waals surface area (Å²) < 4.78 is 31.8. The van der Waals surface area contributed by atoms with Gasteiger partial charge < -0.3 is 19.9 Å². The lowest BCUT2D eigenvalue weighted by Gasteiger charge is -2.12. The van der Waals surface area contributed by atoms with Crippen LogP contribution >= 0.6 is 0 Å². The van der Waals surface area contributed by atoms with Gasteiger partial charge in [0.2, 0.25) is 0 Å². The molecule has 0 aromatic rings. The first kappa shape index (κ1) is 13.6. The van der Waals surface area contributed by atoms with Gasteiger partial charge in [-0.1, -0.05) is 0 Å². The number of nitrogens with one attached hydrogen (secondary N) is 1. The molecule has 1 amide bonds. The van der Waals surface area contributed by atoms with Crippen molar-refractivity contribution in [2.45, 2.75) is 25.5 Å². The molecule has 0 heterocycles. The van der Waals surface area contributed by atoms with E-state index >= 15 is 0 Å². The highest BCUT2D eigenvalue weighted by molar-refractivity contribution is 5.81. The van der Waals surface area contributed by atoms with E-state index in [0.717, 1.165) is 7.11 Å². The number of carboxylic acids is 1. The van der Waals surface area contributed by atoms with Crippen molar-refractivity contribution in [2.75, 3.05) is 13.7 Å². The second-order valence-corrected chi connectivity index (χ2v) is 3.74. The number of aliphatic carboxylic acids is 1. The molecule has 0 aromatic carbocycles. The van der Waals surface area contributed by atoms with Crippen molar-refractivity contribution in [2.24, 2.45) is 5.41 Å². The number of hydrogen-bond donors (Lipinski definition) is 2. The highest BCUT2D eigenvalue weighted by Crippen LogP contribution is 2.49. The Hall–Kier alpha value is -1.44. The maximum atomic E-state index is 11.7. The van der Waals surface area contributed by atoms with Gasteiger partial charge in [0, 0.05) is 6.04 Å². The minimum Gasteiger partial charge on any atom is -0.481 e. The van der Waals surface area contributed by atoms with E-state index in [-0.39, 0.29) is 19.4 Å². The highest BCUT2D eigenvalue weighted by Gasteiger charge is 2.61. The van der Waals surface area contributed by atoms with Gasteiger partial charge in [-0.25, -0.2) is 4.79 Å². The molecular formula is C9H13F2NO5. The minimum absolute atomic E-state index is 0.0820. The number of methoxy groups -OCH3 is 1. The van der Waals surface area contributed by atoms with Crippen LogP contribution in [0.25, 0.3) is 0 Å². The minimum atomic E-state index is -2.92. The van der Waals surface area contributed by atoms with Gasteiger partial charge in [0.05, 0.1) is 19.1 Å². The summed E-state index contributed by atoms with van der Waals surface area (Å²) in [6.07, 6.45) is -0.640. The molecule has 2 atom stereocenters. The number of alkyl carbamates (subject to hydrolysis) is 1. The molecule has 0 spiro atoms. The van der Waals surface area contributed by atoms with E-state index in [2.05, 4.69) is 14.8 Å². The van der Waals surface area contributed by atoms with Crippen molar-refractivity contribution in [3.05, 3.63) is 0 Å². The first-order chi connectivity index (χ1) is 7.92. The largest absolute Gasteiger partial charge is 0.481 e. The Morgan fingerprint density at radius 1 is 1.59 bits per heavy atom. The summed E-state index contributed by atoms with van der Waals surface area (Å²) >= 11 is 0. The number of carbonyl (C=O) groups is 2. The van der Waals surface area contributed by atoms with Crippen LogP contribution in [0, 0.1) is 5.41 Å². The number of halogens is 2. The molecule has 98 valence electrons. The zero-order valence-electron chi connectivity index (χ0n) is 9.11. The van der Waals surface area contributed by atoms with Gasteiger partial charge in [0.1, 0.15) is 0 Å². The maximum absolute atomic E-state index is 11.7. The number of hydrogen-bond acceptors (Lipinski definition) is 4. The first-order valence-electron chi connectivity index (χ1n) is 4.90. The fourth-order valence-electron chi connectivity index (χ4n) is 1.65. The summed E-state index contributed by atoms with van der Waals surface area (Å²) in [6, 6.07) is -0.603. The Kier molecular flexibility index (Phi) is 4.22. The van der Waals surface area contributed by atoms with Gasteiger partial charge in [-0.05, 0) is 12.8 Å². The Bertz CT molecular complexity index is 312. The first-order valence-corrected chi connectivity index (χ1v) is 4.90. The van der Waals surface area contributed by atoms with Crippen LogP contribution in [0.4, 0.5) is 13.6 Å². The Morgan fingerprint density at radius 3 is 2.71 bits per heavy atom. The fourth-order valence-corrected chi connectivity index (χ4v) is 1.65. The van der Waals surface area contributed by atoms with Crippen molar-refractivity contribution in [3.63, 3.8) is 0 Å². The van der Waals surface area contributed by atoms with E-state index < -0.39 is 30.1 Å². The molecule has 1 saturated carbocycles. The molecule has 1 fully saturated rings. The van der Waals surface area contributed by atoms with Gasteiger partial charge in [-0.15, -0.1) is 0 Å². The maximum Gasteiger partial charge on any atom is 0.407 e. The molecule has 6 nitrogen and oxygen atoms in total. The van der Waals surface area contributed by atoms with Crippen molar-refractivity contribution in [3.8, 4) is 0 Å². The molecule has 8 heteroatoms. The second-order valence-electron chi connectivity index (χ2n) is 3.74. The van der Waals surface area contributed by atoms with E-state index in [1.165, 1.54) is 0 Å². The summed E-state index contributed by atoms with van der Waals surface area (Å²) in [6.45, 7) is -3.30. The van der Waals surface area contributed by atoms with Crippen LogP contribution in [0.15, 0.2) is 0 Å². The lowest BCUT2D eigenvalue weighted by Crippen LogP contribution is -2.33. The SMILES string of the molecule is COC(=O)NC1CC1(CCOC(F)F)C(=O)O. The van der Waals surface area contributed by atoms with Crippen molar-refractivity contribution < 1.29 is 33.0 Å². The molecule has 2 N–H and O–H groups in total. The van der Waals surface area contributed by atoms with Crippen molar-refractivity contribution in [1.82, 2.24) is 5.32 Å². The summed E-state index contributed by atoms with van der Waals surface area (Å²) in [4.78, 5) is 21.9. The van der Waals surface area contributed by atoms with Crippen LogP contribution in [0.2, 0.25) is 0 Å². The lowest BCUT2D eigenvalue weighted by atomic mass is 10.0. The average Bonchev–Trinajstić information content (AvgIpc) is 2.92. The van der Waals surface area contributed by atoms with Gasteiger partial charge in [-0.2, -0.15) is 8.78 Å². The van der Waals surface area contributed by atoms with E-state index in [4.69, 9.17) is 5.11 Å². The van der Waals surface area contributed by atoms with Crippen LogP contribution in [0.1, 0.15) is 12.8 Å². The summed E-state index contributed by atoms with van der Waals surface area (Å²) in [5.41, 5.74) is -1.22. The van der Waals surface area contributed by atoms with Crippen LogP contribution in [-0.4, -0.2) is 43.5 Å². The van der Waals surface area contributed by atoms with Crippen LogP contribution in [-0.2, 0) is 14.3 Å². The van der Waals surface area contributed by atoms with Gasteiger partial charge >= 0.3 is 18.7 Å². The number of carboxylic acid groups (broad SMARTS) is 1. The summed E-state index contributed by atoms with van der Waals surface area (Å²) in [7, 11) is 1.15. The van der Waals surface area contributed by atoms with Crippen molar-refractivity contribution >= 4 is 12.1 Å². The van der Waals surface area contributed by atoms with Gasteiger partial charge in [0.15, 0.2) is 0 Å². The molecule has 0 saturated heterocycles. The van der Waals surface area contributed by atoms with E-state index in [0.29, 0.717) is 0 Å². The standard InChI is InChI=1S/C9H13F2NO5/c1-16-8(15)12-5-4-9(5,6(13)14)2-3-17-7(10)11/h5,7H,2-4H2,1H3,(H,12,15)(H,13,14).